The third-order valence-electron chi connectivity index (χ3n) is 3.68. The third-order valence-corrected chi connectivity index (χ3v) is 3.68. The molecule has 20 heavy (non-hydrogen) atoms. The van der Waals surface area contributed by atoms with Crippen molar-refractivity contribution in [2.24, 2.45) is 5.92 Å². The molecule has 0 unspecified atom stereocenters. The van der Waals surface area contributed by atoms with Crippen molar-refractivity contribution in [3.8, 4) is 6.07 Å². The summed E-state index contributed by atoms with van der Waals surface area (Å²) in [6, 6.07) is 6.96. The first-order valence-electron chi connectivity index (χ1n) is 7.22. The van der Waals surface area contributed by atoms with Crippen LogP contribution in [0.5, 0.6) is 0 Å². The fourth-order valence-corrected chi connectivity index (χ4v) is 2.68. The molecular weight excluding hydrogens is 253 g/mol. The fourth-order valence-electron chi connectivity index (χ4n) is 2.68. The SMILES string of the molecule is CC(C)CN1CCN(Cc2cccc(C#N)c2F)CC1. The van der Waals surface area contributed by atoms with Gasteiger partial charge in [-0.3, -0.25) is 4.90 Å². The molecule has 1 saturated heterocycles. The second-order valence-corrected chi connectivity index (χ2v) is 5.86. The number of rotatable bonds is 4. The second-order valence-electron chi connectivity index (χ2n) is 5.86. The van der Waals surface area contributed by atoms with Gasteiger partial charge in [0.15, 0.2) is 0 Å². The highest BCUT2D eigenvalue weighted by Crippen LogP contribution is 2.15. The van der Waals surface area contributed by atoms with Gasteiger partial charge >= 0.3 is 0 Å². The van der Waals surface area contributed by atoms with Crippen LogP contribution in [0, 0.1) is 23.1 Å². The zero-order valence-corrected chi connectivity index (χ0v) is 12.3. The minimum Gasteiger partial charge on any atom is -0.301 e. The van der Waals surface area contributed by atoms with E-state index in [1.54, 1.807) is 12.1 Å². The number of halogens is 1. The first kappa shape index (κ1) is 15.0. The quantitative estimate of drug-likeness (QED) is 0.845. The van der Waals surface area contributed by atoms with E-state index < -0.39 is 0 Å². The van der Waals surface area contributed by atoms with Crippen molar-refractivity contribution in [1.29, 1.82) is 5.26 Å². The average molecular weight is 275 g/mol. The van der Waals surface area contributed by atoms with E-state index in [9.17, 15) is 4.39 Å². The highest BCUT2D eigenvalue weighted by Gasteiger charge is 2.19. The summed E-state index contributed by atoms with van der Waals surface area (Å²) in [6.07, 6.45) is 0. The summed E-state index contributed by atoms with van der Waals surface area (Å²) in [5.41, 5.74) is 0.766. The molecule has 3 nitrogen and oxygen atoms in total. The van der Waals surface area contributed by atoms with Crippen molar-refractivity contribution >= 4 is 0 Å². The standard InChI is InChI=1S/C16H22FN3/c1-13(2)11-19-6-8-20(9-7-19)12-15-5-3-4-14(10-18)16(15)17/h3-5,13H,6-9,11-12H2,1-2H3. The molecule has 0 radical (unpaired) electrons. The van der Waals surface area contributed by atoms with Crippen molar-refractivity contribution in [3.63, 3.8) is 0 Å². The van der Waals surface area contributed by atoms with E-state index in [1.807, 2.05) is 6.07 Å². The maximum atomic E-state index is 14.0. The maximum Gasteiger partial charge on any atom is 0.145 e. The van der Waals surface area contributed by atoms with Crippen LogP contribution in [0.25, 0.3) is 0 Å². The summed E-state index contributed by atoms with van der Waals surface area (Å²) in [4.78, 5) is 4.72. The molecule has 1 aromatic rings. The Hall–Kier alpha value is -1.44. The van der Waals surface area contributed by atoms with Crippen molar-refractivity contribution in [3.05, 3.63) is 35.1 Å². The lowest BCUT2D eigenvalue weighted by atomic mass is 10.1. The van der Waals surface area contributed by atoms with Gasteiger partial charge in [-0.1, -0.05) is 26.0 Å². The van der Waals surface area contributed by atoms with Gasteiger partial charge < -0.3 is 4.90 Å². The largest absolute Gasteiger partial charge is 0.301 e. The van der Waals surface area contributed by atoms with Crippen LogP contribution in [0.1, 0.15) is 25.0 Å². The molecule has 0 aliphatic carbocycles. The summed E-state index contributed by atoms with van der Waals surface area (Å²) < 4.78 is 14.0. The average Bonchev–Trinajstić information content (AvgIpc) is 2.43. The summed E-state index contributed by atoms with van der Waals surface area (Å²) in [5.74, 6) is 0.325. The van der Waals surface area contributed by atoms with Crippen LogP contribution in [-0.2, 0) is 6.54 Å². The Labute approximate surface area is 120 Å². The van der Waals surface area contributed by atoms with Crippen LogP contribution in [0.3, 0.4) is 0 Å². The molecule has 0 aromatic heterocycles. The van der Waals surface area contributed by atoms with Crippen molar-refractivity contribution in [1.82, 2.24) is 9.80 Å². The molecular formula is C16H22FN3. The molecule has 2 rings (SSSR count). The van der Waals surface area contributed by atoms with Crippen LogP contribution in [-0.4, -0.2) is 42.5 Å². The highest BCUT2D eigenvalue weighted by atomic mass is 19.1. The molecule has 1 aliphatic rings. The summed E-state index contributed by atoms with van der Waals surface area (Å²) >= 11 is 0. The van der Waals surface area contributed by atoms with Gasteiger partial charge in [-0.2, -0.15) is 5.26 Å². The van der Waals surface area contributed by atoms with Crippen LogP contribution < -0.4 is 0 Å². The fraction of sp³-hybridized carbons (Fsp3) is 0.562. The molecule has 1 fully saturated rings. The second kappa shape index (κ2) is 6.83. The van der Waals surface area contributed by atoms with Crippen LogP contribution in [0.4, 0.5) is 4.39 Å². The Morgan fingerprint density at radius 3 is 2.45 bits per heavy atom. The highest BCUT2D eigenvalue weighted by molar-refractivity contribution is 5.34. The number of piperazine rings is 1. The first-order valence-corrected chi connectivity index (χ1v) is 7.22. The van der Waals surface area contributed by atoms with E-state index in [2.05, 4.69) is 23.6 Å². The number of hydrogen-bond donors (Lipinski definition) is 0. The Balaban J connectivity index is 1.92. The van der Waals surface area contributed by atoms with E-state index in [0.717, 1.165) is 32.7 Å². The lowest BCUT2D eigenvalue weighted by Gasteiger charge is -2.35. The van der Waals surface area contributed by atoms with E-state index in [-0.39, 0.29) is 11.4 Å². The van der Waals surface area contributed by atoms with E-state index in [0.29, 0.717) is 18.0 Å². The summed E-state index contributed by atoms with van der Waals surface area (Å²) in [7, 11) is 0. The number of hydrogen-bond acceptors (Lipinski definition) is 3. The molecule has 0 saturated carbocycles. The van der Waals surface area contributed by atoms with Gasteiger partial charge in [-0.05, 0) is 12.0 Å². The molecule has 1 aromatic carbocycles. The molecule has 1 heterocycles. The maximum absolute atomic E-state index is 14.0. The summed E-state index contributed by atoms with van der Waals surface area (Å²) in [5, 5.41) is 8.86. The molecule has 4 heteroatoms. The van der Waals surface area contributed by atoms with Gasteiger partial charge in [0.25, 0.3) is 0 Å². The Bertz CT molecular complexity index is 485. The number of nitriles is 1. The van der Waals surface area contributed by atoms with Crippen molar-refractivity contribution in [2.45, 2.75) is 20.4 Å². The summed E-state index contributed by atoms with van der Waals surface area (Å²) in [6.45, 7) is 10.2. The van der Waals surface area contributed by atoms with Crippen LogP contribution in [0.2, 0.25) is 0 Å². The molecule has 1 aliphatic heterocycles. The minimum absolute atomic E-state index is 0.140. The molecule has 0 atom stereocenters. The molecule has 108 valence electrons. The van der Waals surface area contributed by atoms with Crippen molar-refractivity contribution < 1.29 is 4.39 Å². The third kappa shape index (κ3) is 3.78. The molecule has 0 spiro atoms. The van der Waals surface area contributed by atoms with Gasteiger partial charge in [0.2, 0.25) is 0 Å². The Morgan fingerprint density at radius 2 is 1.85 bits per heavy atom. The zero-order valence-electron chi connectivity index (χ0n) is 12.3. The minimum atomic E-state index is -0.361. The predicted molar refractivity (Wildman–Crippen MR) is 77.7 cm³/mol. The van der Waals surface area contributed by atoms with Gasteiger partial charge in [0, 0.05) is 44.8 Å². The molecule has 0 bridgehead atoms. The molecule has 0 N–H and O–H groups in total. The van der Waals surface area contributed by atoms with Gasteiger partial charge in [-0.15, -0.1) is 0 Å². The van der Waals surface area contributed by atoms with E-state index in [4.69, 9.17) is 5.26 Å². The number of nitrogens with zero attached hydrogens (tertiary/aromatic N) is 3. The van der Waals surface area contributed by atoms with E-state index in [1.165, 1.54) is 6.07 Å². The van der Waals surface area contributed by atoms with Gasteiger partial charge in [0.1, 0.15) is 11.9 Å². The first-order chi connectivity index (χ1) is 9.60. The smallest absolute Gasteiger partial charge is 0.145 e. The van der Waals surface area contributed by atoms with Crippen molar-refractivity contribution in [2.75, 3.05) is 32.7 Å². The van der Waals surface area contributed by atoms with Crippen LogP contribution in [0.15, 0.2) is 18.2 Å². The van der Waals surface area contributed by atoms with E-state index >= 15 is 0 Å². The van der Waals surface area contributed by atoms with Gasteiger partial charge in [0.05, 0.1) is 5.56 Å². The normalized spacial score (nSPS) is 17.4. The zero-order chi connectivity index (χ0) is 14.5. The Morgan fingerprint density at radius 1 is 1.20 bits per heavy atom. The topological polar surface area (TPSA) is 30.3 Å². The lowest BCUT2D eigenvalue weighted by molar-refractivity contribution is 0.116. The molecule has 0 amide bonds. The predicted octanol–water partition coefficient (Wildman–Crippen LogP) is 2.47. The Kier molecular flexibility index (Phi) is 5.11. The monoisotopic (exact) mass is 275 g/mol. The lowest BCUT2D eigenvalue weighted by Crippen LogP contribution is -2.46. The van der Waals surface area contributed by atoms with Crippen LogP contribution >= 0.6 is 0 Å². The number of benzene rings is 1. The van der Waals surface area contributed by atoms with Gasteiger partial charge in [-0.25, -0.2) is 4.39 Å².